The van der Waals surface area contributed by atoms with Crippen LogP contribution in [0.1, 0.15) is 46.5 Å². The molecule has 6 atom stereocenters. The second kappa shape index (κ2) is 3.94. The molecule has 3 rings (SSSR count). The van der Waals surface area contributed by atoms with Crippen molar-refractivity contribution in [2.75, 3.05) is 0 Å². The predicted molar refractivity (Wildman–Crippen MR) is 64.7 cm³/mol. The highest BCUT2D eigenvalue weighted by atomic mass is 16.6. The summed E-state index contributed by atoms with van der Waals surface area (Å²) in [7, 11) is 0. The monoisotopic (exact) mass is 240 g/mol. The van der Waals surface area contributed by atoms with Gasteiger partial charge in [0.2, 0.25) is 0 Å². The fraction of sp³-hybridized carbons (Fsp3) is 1.00. The molecule has 0 bridgehead atoms. The van der Waals surface area contributed by atoms with Gasteiger partial charge in [0.1, 0.15) is 6.10 Å². The van der Waals surface area contributed by atoms with Gasteiger partial charge in [0.15, 0.2) is 0 Å². The van der Waals surface area contributed by atoms with Gasteiger partial charge in [0.25, 0.3) is 0 Å². The van der Waals surface area contributed by atoms with E-state index >= 15 is 0 Å². The summed E-state index contributed by atoms with van der Waals surface area (Å²) in [6, 6.07) is 0. The molecule has 0 spiro atoms. The maximum atomic E-state index is 10.5. The second-order valence-electron chi connectivity index (χ2n) is 6.58. The van der Waals surface area contributed by atoms with Crippen LogP contribution in [-0.2, 0) is 9.47 Å². The summed E-state index contributed by atoms with van der Waals surface area (Å²) < 4.78 is 11.5. The molecule has 3 heteroatoms. The van der Waals surface area contributed by atoms with Crippen LogP contribution in [0.5, 0.6) is 0 Å². The lowest BCUT2D eigenvalue weighted by Crippen LogP contribution is -2.34. The molecule has 0 aromatic heterocycles. The Hall–Kier alpha value is -0.120. The Bertz CT molecular complexity index is 304. The third kappa shape index (κ3) is 2.13. The van der Waals surface area contributed by atoms with Crippen LogP contribution in [-0.4, -0.2) is 35.1 Å². The van der Waals surface area contributed by atoms with E-state index in [4.69, 9.17) is 9.47 Å². The minimum absolute atomic E-state index is 0.0604. The lowest BCUT2D eigenvalue weighted by Gasteiger charge is -2.26. The lowest BCUT2D eigenvalue weighted by atomic mass is 9.80. The van der Waals surface area contributed by atoms with Crippen molar-refractivity contribution in [1.29, 1.82) is 0 Å². The Morgan fingerprint density at radius 1 is 1.18 bits per heavy atom. The number of aliphatic hydroxyl groups is 1. The normalized spacial score (nSPS) is 53.8. The number of fused-ring (bicyclic) bond motifs is 2. The van der Waals surface area contributed by atoms with Crippen LogP contribution < -0.4 is 0 Å². The Balaban J connectivity index is 1.73. The molecule has 1 aliphatic carbocycles. The number of hydrogen-bond acceptors (Lipinski definition) is 3. The smallest absolute Gasteiger partial charge is 0.113 e. The highest BCUT2D eigenvalue weighted by Gasteiger charge is 2.59. The maximum absolute atomic E-state index is 10.5. The molecule has 2 saturated heterocycles. The van der Waals surface area contributed by atoms with Crippen molar-refractivity contribution in [3.8, 4) is 0 Å². The van der Waals surface area contributed by atoms with Crippen molar-refractivity contribution in [2.24, 2.45) is 11.8 Å². The summed E-state index contributed by atoms with van der Waals surface area (Å²) in [6.45, 7) is 6.53. The zero-order valence-electron chi connectivity index (χ0n) is 11.1. The summed E-state index contributed by atoms with van der Waals surface area (Å²) in [5, 5.41) is 10.5. The van der Waals surface area contributed by atoms with E-state index in [1.54, 1.807) is 0 Å². The van der Waals surface area contributed by atoms with E-state index in [0.717, 1.165) is 25.7 Å². The Morgan fingerprint density at radius 2 is 1.88 bits per heavy atom. The zero-order valence-corrected chi connectivity index (χ0v) is 11.1. The van der Waals surface area contributed by atoms with Crippen molar-refractivity contribution in [1.82, 2.24) is 0 Å². The molecule has 3 fully saturated rings. The van der Waals surface area contributed by atoms with Crippen molar-refractivity contribution in [2.45, 2.75) is 76.5 Å². The van der Waals surface area contributed by atoms with E-state index in [2.05, 4.69) is 20.8 Å². The van der Waals surface area contributed by atoms with Crippen molar-refractivity contribution in [3.63, 3.8) is 0 Å². The topological polar surface area (TPSA) is 45.3 Å². The van der Waals surface area contributed by atoms with Gasteiger partial charge in [-0.25, -0.2) is 0 Å². The molecular weight excluding hydrogens is 216 g/mol. The number of epoxide rings is 2. The van der Waals surface area contributed by atoms with Crippen LogP contribution in [0.2, 0.25) is 0 Å². The molecule has 1 saturated carbocycles. The lowest BCUT2D eigenvalue weighted by molar-refractivity contribution is 0.0483. The summed E-state index contributed by atoms with van der Waals surface area (Å²) in [4.78, 5) is 0. The Morgan fingerprint density at radius 3 is 2.59 bits per heavy atom. The van der Waals surface area contributed by atoms with Gasteiger partial charge in [0.05, 0.1) is 23.9 Å². The Labute approximate surface area is 103 Å². The first-order valence-electron chi connectivity index (χ1n) is 7.02. The van der Waals surface area contributed by atoms with E-state index in [1.807, 2.05) is 0 Å². The van der Waals surface area contributed by atoms with Gasteiger partial charge in [-0.2, -0.15) is 0 Å². The van der Waals surface area contributed by atoms with E-state index in [-0.39, 0.29) is 17.8 Å². The molecule has 3 nitrogen and oxygen atoms in total. The first-order chi connectivity index (χ1) is 8.01. The van der Waals surface area contributed by atoms with Crippen molar-refractivity contribution >= 4 is 0 Å². The van der Waals surface area contributed by atoms with Gasteiger partial charge >= 0.3 is 0 Å². The zero-order chi connectivity index (χ0) is 12.2. The van der Waals surface area contributed by atoms with Crippen LogP contribution >= 0.6 is 0 Å². The molecule has 0 amide bonds. The van der Waals surface area contributed by atoms with Crippen LogP contribution in [0, 0.1) is 11.8 Å². The number of hydrogen-bond donors (Lipinski definition) is 1. The third-order valence-electron chi connectivity index (χ3n) is 4.94. The molecule has 0 aromatic carbocycles. The Kier molecular flexibility index (Phi) is 2.77. The quantitative estimate of drug-likeness (QED) is 0.714. The van der Waals surface area contributed by atoms with E-state index in [0.29, 0.717) is 24.0 Å². The highest BCUT2D eigenvalue weighted by molar-refractivity contribution is 5.06. The molecular formula is C14H24O3. The van der Waals surface area contributed by atoms with E-state index in [1.165, 1.54) is 0 Å². The predicted octanol–water partition coefficient (Wildman–Crippen LogP) is 2.12. The summed E-state index contributed by atoms with van der Waals surface area (Å²) in [5.41, 5.74) is -0.0829. The fourth-order valence-electron chi connectivity index (χ4n) is 3.48. The van der Waals surface area contributed by atoms with Crippen LogP contribution in [0.15, 0.2) is 0 Å². The van der Waals surface area contributed by atoms with E-state index in [9.17, 15) is 5.11 Å². The van der Waals surface area contributed by atoms with Gasteiger partial charge < -0.3 is 14.6 Å². The van der Waals surface area contributed by atoms with Crippen LogP contribution in [0.4, 0.5) is 0 Å². The largest absolute Gasteiger partial charge is 0.390 e. The fourth-order valence-corrected chi connectivity index (χ4v) is 3.48. The molecule has 98 valence electrons. The standard InChI is InChI=1S/C14H24O3/c1-8(2)9-4-5-10-11(16-10)6-7-14(3)13(17-14)12(9)15/h8-13,15H,4-7H2,1-3H3/t9-,10-,11+,12+,13+,14-/m0/s1. The number of ether oxygens (including phenoxy) is 2. The van der Waals surface area contributed by atoms with Gasteiger partial charge in [-0.15, -0.1) is 0 Å². The number of aliphatic hydroxyl groups excluding tert-OH is 1. The maximum Gasteiger partial charge on any atom is 0.113 e. The molecule has 0 unspecified atom stereocenters. The van der Waals surface area contributed by atoms with Gasteiger partial charge in [-0.1, -0.05) is 13.8 Å². The highest BCUT2D eigenvalue weighted by Crippen LogP contribution is 2.48. The summed E-state index contributed by atoms with van der Waals surface area (Å²) >= 11 is 0. The molecule has 17 heavy (non-hydrogen) atoms. The van der Waals surface area contributed by atoms with Gasteiger partial charge in [-0.05, 0) is 44.4 Å². The molecule has 3 aliphatic rings. The second-order valence-corrected chi connectivity index (χ2v) is 6.58. The van der Waals surface area contributed by atoms with Crippen LogP contribution in [0.25, 0.3) is 0 Å². The average Bonchev–Trinajstić information content (AvgIpc) is 3.12. The summed E-state index contributed by atoms with van der Waals surface area (Å²) in [6.07, 6.45) is 4.99. The van der Waals surface area contributed by atoms with Gasteiger partial charge in [0, 0.05) is 0 Å². The average molecular weight is 240 g/mol. The summed E-state index contributed by atoms with van der Waals surface area (Å²) in [5.74, 6) is 0.861. The minimum Gasteiger partial charge on any atom is -0.390 e. The SMILES string of the molecule is CC(C)[C@@H]1CC[C@@H]2O[C@@H]2CC[C@]2(C)O[C@@H]2[C@@H]1O. The first kappa shape index (κ1) is 11.9. The first-order valence-corrected chi connectivity index (χ1v) is 7.02. The molecule has 1 N–H and O–H groups in total. The molecule has 2 aliphatic heterocycles. The molecule has 0 radical (unpaired) electrons. The van der Waals surface area contributed by atoms with E-state index < -0.39 is 0 Å². The third-order valence-corrected chi connectivity index (χ3v) is 4.94. The van der Waals surface area contributed by atoms with Crippen LogP contribution in [0.3, 0.4) is 0 Å². The molecule has 2 heterocycles. The number of rotatable bonds is 1. The van der Waals surface area contributed by atoms with Crippen molar-refractivity contribution < 1.29 is 14.6 Å². The minimum atomic E-state index is -0.296. The molecule has 0 aromatic rings. The van der Waals surface area contributed by atoms with Gasteiger partial charge in [-0.3, -0.25) is 0 Å². The van der Waals surface area contributed by atoms with Crippen molar-refractivity contribution in [3.05, 3.63) is 0 Å².